The molecule has 1 N–H and O–H groups in total. The van der Waals surface area contributed by atoms with Crippen LogP contribution in [0.2, 0.25) is 0 Å². The average Bonchev–Trinajstić information content (AvgIpc) is 3.24. The van der Waals surface area contributed by atoms with Gasteiger partial charge in [-0.1, -0.05) is 17.8 Å². The number of methoxy groups -OCH3 is 2. The third-order valence-corrected chi connectivity index (χ3v) is 5.55. The fraction of sp³-hybridized carbons (Fsp3) is 0.174. The van der Waals surface area contributed by atoms with Crippen molar-refractivity contribution in [1.29, 1.82) is 0 Å². The molecule has 2 aromatic carbocycles. The van der Waals surface area contributed by atoms with Crippen LogP contribution in [0.1, 0.15) is 20.7 Å². The van der Waals surface area contributed by atoms with Gasteiger partial charge >= 0.3 is 11.9 Å². The number of anilines is 1. The molecule has 1 heterocycles. The molecule has 0 fully saturated rings. The first-order valence-electron chi connectivity index (χ1n) is 9.91. The number of hydrogen-bond acceptors (Lipinski definition) is 8. The summed E-state index contributed by atoms with van der Waals surface area (Å²) in [6, 6.07) is 9.93. The molecule has 0 aliphatic carbocycles. The topological polar surface area (TPSA) is 112 Å². The maximum Gasteiger partial charge on any atom is 0.339 e. The second-order valence-corrected chi connectivity index (χ2v) is 7.74. The lowest BCUT2D eigenvalue weighted by Crippen LogP contribution is -2.18. The summed E-state index contributed by atoms with van der Waals surface area (Å²) in [5, 5.41) is 11.4. The highest BCUT2D eigenvalue weighted by Gasteiger charge is 2.19. The summed E-state index contributed by atoms with van der Waals surface area (Å²) < 4.78 is 24.5. The molecular formula is C23H21FN4O5S. The minimum atomic E-state index is -0.672. The van der Waals surface area contributed by atoms with Gasteiger partial charge in [0.25, 0.3) is 0 Å². The number of hydrogen-bond donors (Lipinski definition) is 1. The van der Waals surface area contributed by atoms with Gasteiger partial charge in [-0.2, -0.15) is 0 Å². The smallest absolute Gasteiger partial charge is 0.339 e. The fourth-order valence-corrected chi connectivity index (χ4v) is 3.75. The zero-order chi connectivity index (χ0) is 24.7. The van der Waals surface area contributed by atoms with Crippen molar-refractivity contribution >= 4 is 35.3 Å². The molecule has 1 amide bonds. The molecule has 9 nitrogen and oxygen atoms in total. The molecular weight excluding hydrogens is 463 g/mol. The van der Waals surface area contributed by atoms with E-state index in [0.717, 1.165) is 11.8 Å². The Morgan fingerprint density at radius 1 is 1.09 bits per heavy atom. The summed E-state index contributed by atoms with van der Waals surface area (Å²) in [4.78, 5) is 36.6. The largest absolute Gasteiger partial charge is 0.465 e. The van der Waals surface area contributed by atoms with E-state index in [1.807, 2.05) is 0 Å². The molecule has 0 atom stereocenters. The normalized spacial score (nSPS) is 10.4. The SMILES string of the molecule is C=CCn1c(SCC(=O)Nc2cc(C(=O)OC)ccc2C(=O)OC)nnc1-c1ccc(F)cc1. The molecule has 176 valence electrons. The highest BCUT2D eigenvalue weighted by atomic mass is 32.2. The van der Waals surface area contributed by atoms with Crippen molar-refractivity contribution < 1.29 is 28.2 Å². The predicted molar refractivity (Wildman–Crippen MR) is 124 cm³/mol. The molecule has 0 aliphatic heterocycles. The lowest BCUT2D eigenvalue weighted by atomic mass is 10.1. The summed E-state index contributed by atoms with van der Waals surface area (Å²) in [6.45, 7) is 4.11. The maximum atomic E-state index is 13.3. The Kier molecular flexibility index (Phi) is 8.14. The minimum Gasteiger partial charge on any atom is -0.465 e. The fourth-order valence-electron chi connectivity index (χ4n) is 3.00. The molecule has 0 saturated carbocycles. The highest BCUT2D eigenvalue weighted by Crippen LogP contribution is 2.25. The first kappa shape index (κ1) is 24.6. The van der Waals surface area contributed by atoms with Gasteiger partial charge in [-0.3, -0.25) is 9.36 Å². The monoisotopic (exact) mass is 484 g/mol. The van der Waals surface area contributed by atoms with Gasteiger partial charge in [0.05, 0.1) is 36.8 Å². The quantitative estimate of drug-likeness (QED) is 0.279. The van der Waals surface area contributed by atoms with Gasteiger partial charge in [0.15, 0.2) is 11.0 Å². The summed E-state index contributed by atoms with van der Waals surface area (Å²) in [5.41, 5.74) is 1.02. The number of esters is 2. The lowest BCUT2D eigenvalue weighted by molar-refractivity contribution is -0.113. The minimum absolute atomic E-state index is 0.0677. The summed E-state index contributed by atoms with van der Waals surface area (Å²) in [5.74, 6) is -1.68. The number of rotatable bonds is 9. The van der Waals surface area contributed by atoms with Crippen molar-refractivity contribution in [2.75, 3.05) is 25.3 Å². The van der Waals surface area contributed by atoms with Crippen molar-refractivity contribution in [3.63, 3.8) is 0 Å². The zero-order valence-electron chi connectivity index (χ0n) is 18.4. The molecule has 1 aromatic heterocycles. The molecule has 0 spiro atoms. The van der Waals surface area contributed by atoms with E-state index in [9.17, 15) is 18.8 Å². The number of benzene rings is 2. The van der Waals surface area contributed by atoms with Crippen LogP contribution in [0.3, 0.4) is 0 Å². The first-order chi connectivity index (χ1) is 16.4. The van der Waals surface area contributed by atoms with E-state index in [-0.39, 0.29) is 28.4 Å². The summed E-state index contributed by atoms with van der Waals surface area (Å²) in [7, 11) is 2.44. The van der Waals surface area contributed by atoms with Crippen molar-refractivity contribution in [2.24, 2.45) is 0 Å². The van der Waals surface area contributed by atoms with Crippen molar-refractivity contribution in [3.8, 4) is 11.4 Å². The second kappa shape index (κ2) is 11.2. The van der Waals surface area contributed by atoms with Crippen LogP contribution in [0, 0.1) is 5.82 Å². The molecule has 3 rings (SSSR count). The van der Waals surface area contributed by atoms with E-state index in [4.69, 9.17) is 9.47 Å². The van der Waals surface area contributed by atoms with E-state index in [1.165, 1.54) is 44.6 Å². The third-order valence-electron chi connectivity index (χ3n) is 4.58. The number of amides is 1. The van der Waals surface area contributed by atoms with Crippen LogP contribution in [-0.4, -0.2) is 52.6 Å². The molecule has 0 aliphatic rings. The Labute approximate surface area is 199 Å². The van der Waals surface area contributed by atoms with Crippen molar-refractivity contribution in [2.45, 2.75) is 11.7 Å². The number of carbonyl (C=O) groups is 3. The Morgan fingerprint density at radius 3 is 2.44 bits per heavy atom. The summed E-state index contributed by atoms with van der Waals surface area (Å²) >= 11 is 1.12. The van der Waals surface area contributed by atoms with Gasteiger partial charge in [-0.25, -0.2) is 14.0 Å². The van der Waals surface area contributed by atoms with Gasteiger partial charge in [0, 0.05) is 12.1 Å². The number of aromatic nitrogens is 3. The van der Waals surface area contributed by atoms with E-state index in [2.05, 4.69) is 22.1 Å². The molecule has 3 aromatic rings. The van der Waals surface area contributed by atoms with Crippen LogP contribution in [0.4, 0.5) is 10.1 Å². The number of nitrogens with zero attached hydrogens (tertiary/aromatic N) is 3. The van der Waals surface area contributed by atoms with Crippen molar-refractivity contribution in [3.05, 3.63) is 72.1 Å². The highest BCUT2D eigenvalue weighted by molar-refractivity contribution is 7.99. The van der Waals surface area contributed by atoms with Crippen LogP contribution in [0.25, 0.3) is 11.4 Å². The lowest BCUT2D eigenvalue weighted by Gasteiger charge is -2.12. The molecule has 0 radical (unpaired) electrons. The van der Waals surface area contributed by atoms with Gasteiger partial charge in [-0.05, 0) is 42.5 Å². The molecule has 0 unspecified atom stereocenters. The van der Waals surface area contributed by atoms with Crippen LogP contribution in [0.15, 0.2) is 60.3 Å². The summed E-state index contributed by atoms with van der Waals surface area (Å²) in [6.07, 6.45) is 1.65. The number of allylic oxidation sites excluding steroid dienone is 1. The Bertz CT molecular complexity index is 1230. The van der Waals surface area contributed by atoms with E-state index < -0.39 is 17.8 Å². The second-order valence-electron chi connectivity index (χ2n) is 6.79. The maximum absolute atomic E-state index is 13.3. The number of halogens is 1. The zero-order valence-corrected chi connectivity index (χ0v) is 19.2. The van der Waals surface area contributed by atoms with E-state index in [0.29, 0.717) is 23.1 Å². The Morgan fingerprint density at radius 2 is 1.79 bits per heavy atom. The van der Waals surface area contributed by atoms with Gasteiger partial charge < -0.3 is 14.8 Å². The predicted octanol–water partition coefficient (Wildman–Crippen LogP) is 3.57. The van der Waals surface area contributed by atoms with Crippen molar-refractivity contribution in [1.82, 2.24) is 14.8 Å². The van der Waals surface area contributed by atoms with Gasteiger partial charge in [-0.15, -0.1) is 16.8 Å². The molecule has 0 bridgehead atoms. The molecule has 0 saturated heterocycles. The molecule has 34 heavy (non-hydrogen) atoms. The van der Waals surface area contributed by atoms with E-state index in [1.54, 1.807) is 22.8 Å². The standard InChI is InChI=1S/C23H21FN4O5S/c1-4-11-28-20(14-5-8-16(24)9-6-14)26-27-23(28)34-13-19(29)25-18-12-15(21(30)32-2)7-10-17(18)22(31)33-3/h4-10,12H,1,11,13H2,2-3H3,(H,25,29). The van der Waals surface area contributed by atoms with Gasteiger partial charge in [0.2, 0.25) is 5.91 Å². The van der Waals surface area contributed by atoms with Crippen LogP contribution in [-0.2, 0) is 20.8 Å². The number of thioether (sulfide) groups is 1. The Balaban J connectivity index is 1.79. The Hall–Kier alpha value is -3.99. The van der Waals surface area contributed by atoms with Crippen LogP contribution < -0.4 is 5.32 Å². The average molecular weight is 485 g/mol. The number of ether oxygens (including phenoxy) is 2. The number of carbonyl (C=O) groups excluding carboxylic acids is 3. The van der Waals surface area contributed by atoms with Crippen LogP contribution in [0.5, 0.6) is 0 Å². The number of nitrogens with one attached hydrogen (secondary N) is 1. The third kappa shape index (κ3) is 5.67. The first-order valence-corrected chi connectivity index (χ1v) is 10.9. The van der Waals surface area contributed by atoms with Crippen LogP contribution >= 0.6 is 11.8 Å². The molecule has 11 heteroatoms. The van der Waals surface area contributed by atoms with E-state index >= 15 is 0 Å². The van der Waals surface area contributed by atoms with Gasteiger partial charge in [0.1, 0.15) is 5.82 Å².